The molecule has 0 fully saturated rings. The molecule has 3 nitrogen and oxygen atoms in total. The maximum absolute atomic E-state index is 4.63. The molecule has 2 aromatic rings. The molecule has 0 radical (unpaired) electrons. The van der Waals surface area contributed by atoms with E-state index in [0.29, 0.717) is 11.8 Å². The first-order valence-corrected chi connectivity index (χ1v) is 9.23. The van der Waals surface area contributed by atoms with Crippen molar-refractivity contribution in [2.24, 2.45) is 0 Å². The third kappa shape index (κ3) is 5.10. The highest BCUT2D eigenvalue weighted by atomic mass is 14.8. The fourth-order valence-electron chi connectivity index (χ4n) is 2.93. The lowest BCUT2D eigenvalue weighted by atomic mass is 9.97. The van der Waals surface area contributed by atoms with E-state index in [9.17, 15) is 0 Å². The van der Waals surface area contributed by atoms with Crippen molar-refractivity contribution in [1.82, 2.24) is 15.0 Å². The Kier molecular flexibility index (Phi) is 7.28. The molecule has 3 heteroatoms. The average molecular weight is 342 g/mol. The van der Waals surface area contributed by atoms with Gasteiger partial charge in [-0.3, -0.25) is 15.0 Å². The molecule has 0 amide bonds. The van der Waals surface area contributed by atoms with Crippen molar-refractivity contribution in [3.05, 3.63) is 50.9 Å². The van der Waals surface area contributed by atoms with Crippen LogP contribution in [-0.2, 0) is 0 Å². The SMILES string of the molecule is Cc1nc(C(C)C)c(C)c(C)c1C.Cc1nc(C)c(C(C)C)nc1C. The number of hydrogen-bond donors (Lipinski definition) is 0. The fourth-order valence-corrected chi connectivity index (χ4v) is 2.93. The van der Waals surface area contributed by atoms with Gasteiger partial charge in [-0.1, -0.05) is 27.7 Å². The monoisotopic (exact) mass is 341 g/mol. The van der Waals surface area contributed by atoms with Crippen molar-refractivity contribution in [3.8, 4) is 0 Å². The van der Waals surface area contributed by atoms with Gasteiger partial charge in [0.15, 0.2) is 0 Å². The van der Waals surface area contributed by atoms with Crippen molar-refractivity contribution in [3.63, 3.8) is 0 Å². The number of hydrogen-bond acceptors (Lipinski definition) is 3. The minimum Gasteiger partial charge on any atom is -0.257 e. The predicted octanol–water partition coefficient (Wildman–Crippen LogP) is 5.96. The van der Waals surface area contributed by atoms with Crippen LogP contribution in [0.15, 0.2) is 0 Å². The van der Waals surface area contributed by atoms with Crippen LogP contribution in [0.3, 0.4) is 0 Å². The summed E-state index contributed by atoms with van der Waals surface area (Å²) in [7, 11) is 0. The average Bonchev–Trinajstić information content (AvgIpc) is 2.52. The van der Waals surface area contributed by atoms with Crippen molar-refractivity contribution in [2.45, 2.75) is 88.0 Å². The summed E-state index contributed by atoms with van der Waals surface area (Å²) in [4.78, 5) is 13.6. The van der Waals surface area contributed by atoms with Crippen molar-refractivity contribution < 1.29 is 0 Å². The van der Waals surface area contributed by atoms with Gasteiger partial charge in [-0.05, 0) is 77.0 Å². The molecule has 0 spiro atoms. The summed E-state index contributed by atoms with van der Waals surface area (Å²) in [5.74, 6) is 0.995. The Morgan fingerprint density at radius 1 is 0.440 bits per heavy atom. The molecule has 0 aliphatic rings. The molecule has 0 saturated heterocycles. The predicted molar refractivity (Wildman–Crippen MR) is 108 cm³/mol. The highest BCUT2D eigenvalue weighted by Gasteiger charge is 2.11. The zero-order valence-electron chi connectivity index (χ0n) is 18.0. The lowest BCUT2D eigenvalue weighted by Gasteiger charge is -2.15. The van der Waals surface area contributed by atoms with Gasteiger partial charge >= 0.3 is 0 Å². The molecule has 0 aromatic carbocycles. The largest absolute Gasteiger partial charge is 0.257 e. The van der Waals surface area contributed by atoms with Crippen LogP contribution >= 0.6 is 0 Å². The Bertz CT molecular complexity index is 744. The van der Waals surface area contributed by atoms with Gasteiger partial charge in [-0.25, -0.2) is 0 Å². The van der Waals surface area contributed by atoms with E-state index in [1.54, 1.807) is 0 Å². The molecule has 2 rings (SSSR count). The van der Waals surface area contributed by atoms with E-state index in [-0.39, 0.29) is 0 Å². The van der Waals surface area contributed by atoms with Gasteiger partial charge in [0.2, 0.25) is 0 Å². The second-order valence-corrected chi connectivity index (χ2v) is 7.63. The molecular weight excluding hydrogens is 306 g/mol. The van der Waals surface area contributed by atoms with Gasteiger partial charge in [0.1, 0.15) is 0 Å². The van der Waals surface area contributed by atoms with Gasteiger partial charge < -0.3 is 0 Å². The fraction of sp³-hybridized carbons (Fsp3) is 0.591. The second kappa shape index (κ2) is 8.55. The van der Waals surface area contributed by atoms with Crippen LogP contribution in [0.4, 0.5) is 0 Å². The van der Waals surface area contributed by atoms with E-state index in [4.69, 9.17) is 0 Å². The number of pyridine rings is 1. The van der Waals surface area contributed by atoms with Gasteiger partial charge in [-0.2, -0.15) is 0 Å². The number of nitrogens with zero attached hydrogens (tertiary/aromatic N) is 3. The van der Waals surface area contributed by atoms with Crippen LogP contribution in [-0.4, -0.2) is 15.0 Å². The number of rotatable bonds is 2. The van der Waals surface area contributed by atoms with Crippen molar-refractivity contribution >= 4 is 0 Å². The molecule has 0 aliphatic carbocycles. The van der Waals surface area contributed by atoms with Crippen LogP contribution in [0.5, 0.6) is 0 Å². The number of aryl methyl sites for hydroxylation is 4. The first-order chi connectivity index (χ1) is 11.5. The highest BCUT2D eigenvalue weighted by Crippen LogP contribution is 2.23. The Labute approximate surface area is 154 Å². The Morgan fingerprint density at radius 3 is 1.36 bits per heavy atom. The van der Waals surface area contributed by atoms with E-state index < -0.39 is 0 Å². The zero-order chi connectivity index (χ0) is 19.5. The summed E-state index contributed by atoms with van der Waals surface area (Å²) in [6.45, 7) is 23.3. The third-order valence-corrected chi connectivity index (χ3v) is 4.95. The molecule has 0 unspecified atom stereocenters. The minimum absolute atomic E-state index is 0.469. The number of aromatic nitrogens is 3. The van der Waals surface area contributed by atoms with Crippen LogP contribution < -0.4 is 0 Å². The molecule has 2 aromatic heterocycles. The standard InChI is InChI=1S/C12H19N.C10H16N2/c1-7(2)12-10(5)8(3)9(4)11(6)13-12;1-6(2)10-9(5)11-7(3)8(4)12-10/h7H,1-6H3;6H,1-5H3. The minimum atomic E-state index is 0.469. The van der Waals surface area contributed by atoms with E-state index >= 15 is 0 Å². The smallest absolute Gasteiger partial charge is 0.0644 e. The lowest BCUT2D eigenvalue weighted by Crippen LogP contribution is -2.03. The van der Waals surface area contributed by atoms with Gasteiger partial charge in [-0.15, -0.1) is 0 Å². The molecule has 0 saturated carbocycles. The lowest BCUT2D eigenvalue weighted by molar-refractivity contribution is 0.779. The third-order valence-electron chi connectivity index (χ3n) is 4.95. The van der Waals surface area contributed by atoms with Crippen molar-refractivity contribution in [1.29, 1.82) is 0 Å². The normalized spacial score (nSPS) is 10.9. The molecule has 0 N–H and O–H groups in total. The van der Waals surface area contributed by atoms with E-state index in [1.165, 1.54) is 28.1 Å². The Hall–Kier alpha value is -1.77. The quantitative estimate of drug-likeness (QED) is 0.676. The van der Waals surface area contributed by atoms with Crippen molar-refractivity contribution in [2.75, 3.05) is 0 Å². The molecule has 2 heterocycles. The summed E-state index contributed by atoms with van der Waals surface area (Å²) < 4.78 is 0. The Morgan fingerprint density at radius 2 is 0.880 bits per heavy atom. The summed E-state index contributed by atoms with van der Waals surface area (Å²) in [6.07, 6.45) is 0. The molecule has 138 valence electrons. The highest BCUT2D eigenvalue weighted by molar-refractivity contribution is 5.38. The van der Waals surface area contributed by atoms with Gasteiger partial charge in [0, 0.05) is 11.4 Å². The van der Waals surface area contributed by atoms with Gasteiger partial charge in [0.25, 0.3) is 0 Å². The Balaban J connectivity index is 0.000000251. The summed E-state index contributed by atoms with van der Waals surface area (Å²) >= 11 is 0. The molecule has 0 bridgehead atoms. The van der Waals surface area contributed by atoms with E-state index in [0.717, 1.165) is 22.8 Å². The van der Waals surface area contributed by atoms with Crippen LogP contribution in [0.25, 0.3) is 0 Å². The van der Waals surface area contributed by atoms with E-state index in [1.807, 2.05) is 20.8 Å². The first kappa shape index (κ1) is 21.3. The topological polar surface area (TPSA) is 38.7 Å². The molecule has 0 atom stereocenters. The van der Waals surface area contributed by atoms with Crippen LogP contribution in [0.1, 0.15) is 90.4 Å². The molecular formula is C22H35N3. The maximum atomic E-state index is 4.63. The summed E-state index contributed by atoms with van der Waals surface area (Å²) in [5.41, 5.74) is 10.8. The second-order valence-electron chi connectivity index (χ2n) is 7.63. The first-order valence-electron chi connectivity index (χ1n) is 9.23. The summed E-state index contributed by atoms with van der Waals surface area (Å²) in [6, 6.07) is 0. The summed E-state index contributed by atoms with van der Waals surface area (Å²) in [5, 5.41) is 0. The molecule has 25 heavy (non-hydrogen) atoms. The van der Waals surface area contributed by atoms with E-state index in [2.05, 4.69) is 70.3 Å². The zero-order valence-corrected chi connectivity index (χ0v) is 18.0. The molecule has 0 aliphatic heterocycles. The maximum Gasteiger partial charge on any atom is 0.0644 e. The van der Waals surface area contributed by atoms with Gasteiger partial charge in [0.05, 0.1) is 22.8 Å². The van der Waals surface area contributed by atoms with Crippen LogP contribution in [0, 0.1) is 48.5 Å². The van der Waals surface area contributed by atoms with Crippen LogP contribution in [0.2, 0.25) is 0 Å².